The molecule has 116 valence electrons. The van der Waals surface area contributed by atoms with E-state index in [1.54, 1.807) is 0 Å². The van der Waals surface area contributed by atoms with Crippen molar-refractivity contribution < 1.29 is 14.6 Å². The standard InChI is InChI=1S/C17H20N2O3/c20-17(21)19-12-4-11-18-15-7-9-16(10-8-15)22-13-14-5-2-1-3-6-14/h1-3,5-10,18-19H,4,11-13H2,(H,20,21). The van der Waals surface area contributed by atoms with Crippen molar-refractivity contribution in [3.63, 3.8) is 0 Å². The van der Waals surface area contributed by atoms with Crippen molar-refractivity contribution >= 4 is 11.8 Å². The number of hydrogen-bond donors (Lipinski definition) is 3. The molecule has 3 N–H and O–H groups in total. The second-order valence-electron chi connectivity index (χ2n) is 4.81. The van der Waals surface area contributed by atoms with E-state index in [0.29, 0.717) is 19.7 Å². The van der Waals surface area contributed by atoms with Crippen molar-refractivity contribution in [1.82, 2.24) is 5.32 Å². The van der Waals surface area contributed by atoms with Crippen LogP contribution >= 0.6 is 0 Å². The maximum atomic E-state index is 10.3. The highest BCUT2D eigenvalue weighted by Gasteiger charge is 1.97. The van der Waals surface area contributed by atoms with Crippen molar-refractivity contribution in [3.05, 3.63) is 60.2 Å². The van der Waals surface area contributed by atoms with Crippen molar-refractivity contribution in [2.75, 3.05) is 18.4 Å². The Bertz CT molecular complexity index is 570. The summed E-state index contributed by atoms with van der Waals surface area (Å²) in [6.45, 7) is 1.71. The molecule has 5 nitrogen and oxygen atoms in total. The van der Waals surface area contributed by atoms with Crippen LogP contribution in [0.3, 0.4) is 0 Å². The first-order valence-electron chi connectivity index (χ1n) is 7.21. The Morgan fingerprint density at radius 1 is 1.00 bits per heavy atom. The molecule has 2 aromatic rings. The summed E-state index contributed by atoms with van der Waals surface area (Å²) in [7, 11) is 0. The zero-order valence-corrected chi connectivity index (χ0v) is 12.3. The Morgan fingerprint density at radius 3 is 2.41 bits per heavy atom. The van der Waals surface area contributed by atoms with Gasteiger partial charge in [0.15, 0.2) is 0 Å². The minimum absolute atomic E-state index is 0.445. The van der Waals surface area contributed by atoms with Gasteiger partial charge >= 0.3 is 6.09 Å². The first kappa shape index (κ1) is 15.7. The number of anilines is 1. The molecule has 1 amide bonds. The summed E-state index contributed by atoms with van der Waals surface area (Å²) in [5, 5.41) is 14.0. The number of benzene rings is 2. The summed E-state index contributed by atoms with van der Waals surface area (Å²) < 4.78 is 5.71. The van der Waals surface area contributed by atoms with E-state index in [1.165, 1.54) is 0 Å². The van der Waals surface area contributed by atoms with Crippen molar-refractivity contribution in [3.8, 4) is 5.75 Å². The molecule has 2 aromatic carbocycles. The predicted octanol–water partition coefficient (Wildman–Crippen LogP) is 3.34. The van der Waals surface area contributed by atoms with Gasteiger partial charge < -0.3 is 20.5 Å². The highest BCUT2D eigenvalue weighted by molar-refractivity contribution is 5.64. The zero-order valence-electron chi connectivity index (χ0n) is 12.3. The van der Waals surface area contributed by atoms with Gasteiger partial charge in [-0.2, -0.15) is 0 Å². The Labute approximate surface area is 129 Å². The van der Waals surface area contributed by atoms with Gasteiger partial charge in [0.25, 0.3) is 0 Å². The van der Waals surface area contributed by atoms with E-state index in [-0.39, 0.29) is 0 Å². The van der Waals surface area contributed by atoms with Gasteiger partial charge in [0.2, 0.25) is 0 Å². The molecule has 0 saturated heterocycles. The van der Waals surface area contributed by atoms with Crippen LogP contribution < -0.4 is 15.4 Å². The second-order valence-corrected chi connectivity index (χ2v) is 4.81. The summed E-state index contributed by atoms with van der Waals surface area (Å²) in [4.78, 5) is 10.3. The molecule has 0 aliphatic rings. The van der Waals surface area contributed by atoms with E-state index in [2.05, 4.69) is 10.6 Å². The van der Waals surface area contributed by atoms with Crippen molar-refractivity contribution in [2.45, 2.75) is 13.0 Å². The molecule has 0 aliphatic heterocycles. The van der Waals surface area contributed by atoms with Crippen molar-refractivity contribution in [1.29, 1.82) is 0 Å². The van der Waals surface area contributed by atoms with Crippen LogP contribution in [0.15, 0.2) is 54.6 Å². The summed E-state index contributed by atoms with van der Waals surface area (Å²) in [5.41, 5.74) is 2.12. The molecule has 5 heteroatoms. The van der Waals surface area contributed by atoms with Crippen LogP contribution in [-0.2, 0) is 6.61 Å². The molecule has 0 saturated carbocycles. The Morgan fingerprint density at radius 2 is 1.73 bits per heavy atom. The molecule has 0 aromatic heterocycles. The van der Waals surface area contributed by atoms with Gasteiger partial charge in [-0.3, -0.25) is 0 Å². The van der Waals surface area contributed by atoms with Gasteiger partial charge in [0, 0.05) is 18.8 Å². The van der Waals surface area contributed by atoms with E-state index < -0.39 is 6.09 Å². The minimum atomic E-state index is -0.986. The number of carbonyl (C=O) groups is 1. The van der Waals surface area contributed by atoms with Gasteiger partial charge in [0.05, 0.1) is 0 Å². The third kappa shape index (κ3) is 5.75. The number of hydrogen-bond acceptors (Lipinski definition) is 3. The van der Waals surface area contributed by atoms with E-state index in [4.69, 9.17) is 9.84 Å². The summed E-state index contributed by atoms with van der Waals surface area (Å²) in [6.07, 6.45) is -0.252. The van der Waals surface area contributed by atoms with Gasteiger partial charge in [0.1, 0.15) is 12.4 Å². The molecular formula is C17H20N2O3. The average Bonchev–Trinajstić information content (AvgIpc) is 2.54. The molecule has 0 aliphatic carbocycles. The Balaban J connectivity index is 1.70. The molecule has 0 bridgehead atoms. The Kier molecular flexibility index (Phi) is 6.11. The van der Waals surface area contributed by atoms with Crippen LogP contribution in [0.4, 0.5) is 10.5 Å². The average molecular weight is 300 g/mol. The van der Waals surface area contributed by atoms with Crippen LogP contribution in [0.2, 0.25) is 0 Å². The number of ether oxygens (including phenoxy) is 1. The fraction of sp³-hybridized carbons (Fsp3) is 0.235. The van der Waals surface area contributed by atoms with E-state index >= 15 is 0 Å². The smallest absolute Gasteiger partial charge is 0.404 e. The Hall–Kier alpha value is -2.69. The van der Waals surface area contributed by atoms with Gasteiger partial charge in [-0.15, -0.1) is 0 Å². The zero-order chi connectivity index (χ0) is 15.6. The lowest BCUT2D eigenvalue weighted by Gasteiger charge is -2.09. The van der Waals surface area contributed by atoms with Gasteiger partial charge in [-0.05, 0) is 36.2 Å². The molecule has 0 spiro atoms. The normalized spacial score (nSPS) is 10.0. The lowest BCUT2D eigenvalue weighted by molar-refractivity contribution is 0.194. The molecular weight excluding hydrogens is 280 g/mol. The van der Waals surface area contributed by atoms with Crippen LogP contribution in [0.25, 0.3) is 0 Å². The fourth-order valence-electron chi connectivity index (χ4n) is 1.93. The highest BCUT2D eigenvalue weighted by Crippen LogP contribution is 2.17. The maximum Gasteiger partial charge on any atom is 0.404 e. The molecule has 2 rings (SSSR count). The molecule has 0 fully saturated rings. The first-order chi connectivity index (χ1) is 10.7. The fourth-order valence-corrected chi connectivity index (χ4v) is 1.93. The first-order valence-corrected chi connectivity index (χ1v) is 7.21. The predicted molar refractivity (Wildman–Crippen MR) is 86.4 cm³/mol. The summed E-state index contributed by atoms with van der Waals surface area (Å²) in [6, 6.07) is 17.8. The molecule has 0 unspecified atom stereocenters. The third-order valence-electron chi connectivity index (χ3n) is 3.06. The minimum Gasteiger partial charge on any atom is -0.489 e. The molecule has 22 heavy (non-hydrogen) atoms. The lowest BCUT2D eigenvalue weighted by Crippen LogP contribution is -2.23. The largest absolute Gasteiger partial charge is 0.489 e. The van der Waals surface area contributed by atoms with Gasteiger partial charge in [-0.25, -0.2) is 4.79 Å². The quantitative estimate of drug-likeness (QED) is 0.654. The molecule has 0 radical (unpaired) electrons. The van der Waals surface area contributed by atoms with Crippen LogP contribution in [-0.4, -0.2) is 24.3 Å². The van der Waals surface area contributed by atoms with E-state index in [9.17, 15) is 4.79 Å². The number of nitrogens with one attached hydrogen (secondary N) is 2. The lowest BCUT2D eigenvalue weighted by atomic mass is 10.2. The van der Waals surface area contributed by atoms with Crippen LogP contribution in [0, 0.1) is 0 Å². The van der Waals surface area contributed by atoms with Crippen LogP contribution in [0.5, 0.6) is 5.75 Å². The van der Waals surface area contributed by atoms with E-state index in [0.717, 1.165) is 23.4 Å². The monoisotopic (exact) mass is 300 g/mol. The molecule has 0 heterocycles. The van der Waals surface area contributed by atoms with Gasteiger partial charge in [-0.1, -0.05) is 30.3 Å². The summed E-state index contributed by atoms with van der Waals surface area (Å²) >= 11 is 0. The molecule has 0 atom stereocenters. The topological polar surface area (TPSA) is 70.6 Å². The SMILES string of the molecule is O=C(O)NCCCNc1ccc(OCc2ccccc2)cc1. The summed E-state index contributed by atoms with van der Waals surface area (Å²) in [5.74, 6) is 0.821. The third-order valence-corrected chi connectivity index (χ3v) is 3.06. The number of carboxylic acid groups (broad SMARTS) is 1. The number of rotatable bonds is 8. The van der Waals surface area contributed by atoms with E-state index in [1.807, 2.05) is 54.6 Å². The van der Waals surface area contributed by atoms with Crippen molar-refractivity contribution in [2.24, 2.45) is 0 Å². The second kappa shape index (κ2) is 8.56. The number of amides is 1. The van der Waals surface area contributed by atoms with Crippen LogP contribution in [0.1, 0.15) is 12.0 Å². The highest BCUT2D eigenvalue weighted by atomic mass is 16.5. The maximum absolute atomic E-state index is 10.3.